The SMILES string of the molecule is O=C([O-])CN(CC(=O)[O-])Cc1cc(-c2ccco2)cc(CN(CCc2ccc(N=C=S)cc2)Cc2cc(-c3ccco3)cc(CN(CC(=O)[O-])CC(=O)[O-])n2)n1. The van der Waals surface area contributed by atoms with Gasteiger partial charge in [0.15, 0.2) is 0 Å². The van der Waals surface area contributed by atoms with E-state index in [0.717, 1.165) is 15.4 Å². The Hall–Kier alpha value is -6.36. The monoisotopic (exact) mass is 778 g/mol. The molecule has 0 saturated heterocycles. The lowest BCUT2D eigenvalue weighted by Crippen LogP contribution is -2.43. The summed E-state index contributed by atoms with van der Waals surface area (Å²) in [6.07, 6.45) is 3.56. The summed E-state index contributed by atoms with van der Waals surface area (Å²) in [4.78, 5) is 63.7. The van der Waals surface area contributed by atoms with Crippen molar-refractivity contribution in [2.75, 3.05) is 32.7 Å². The van der Waals surface area contributed by atoms with E-state index < -0.39 is 50.1 Å². The number of hydrogen-bond donors (Lipinski definition) is 0. The zero-order chi connectivity index (χ0) is 40.0. The summed E-state index contributed by atoms with van der Waals surface area (Å²) in [6, 6.07) is 21.3. The average Bonchev–Trinajstić information content (AvgIpc) is 3.86. The quantitative estimate of drug-likeness (QED) is 0.0641. The fourth-order valence-corrected chi connectivity index (χ4v) is 6.17. The fourth-order valence-electron chi connectivity index (χ4n) is 6.07. The molecule has 5 aromatic rings. The maximum atomic E-state index is 11.4. The molecule has 0 aliphatic carbocycles. The van der Waals surface area contributed by atoms with Crippen LogP contribution in [-0.2, 0) is 51.8 Å². The highest BCUT2D eigenvalue weighted by molar-refractivity contribution is 7.78. The van der Waals surface area contributed by atoms with E-state index in [1.165, 1.54) is 12.5 Å². The minimum Gasteiger partial charge on any atom is -0.549 e. The Bertz CT molecular complexity index is 2020. The van der Waals surface area contributed by atoms with Crippen LogP contribution >= 0.6 is 12.2 Å². The van der Waals surface area contributed by atoms with Crippen LogP contribution in [0.1, 0.15) is 28.3 Å². The van der Waals surface area contributed by atoms with Crippen molar-refractivity contribution >= 4 is 46.9 Å². The second-order valence-corrected chi connectivity index (χ2v) is 12.9. The lowest BCUT2D eigenvalue weighted by Gasteiger charge is -2.25. The molecule has 0 bridgehead atoms. The molecule has 0 spiro atoms. The van der Waals surface area contributed by atoms with Crippen LogP contribution in [0.2, 0.25) is 0 Å². The molecule has 4 aromatic heterocycles. The number of carbonyl (C=O) groups is 4. The number of furan rings is 2. The van der Waals surface area contributed by atoms with Gasteiger partial charge in [0.05, 0.1) is 70.0 Å². The summed E-state index contributed by atoms with van der Waals surface area (Å²) >= 11 is 4.72. The molecule has 0 saturated carbocycles. The molecule has 0 aliphatic heterocycles. The van der Waals surface area contributed by atoms with Crippen LogP contribution < -0.4 is 20.4 Å². The van der Waals surface area contributed by atoms with Crippen molar-refractivity contribution in [2.45, 2.75) is 32.6 Å². The summed E-state index contributed by atoms with van der Waals surface area (Å²) in [5.41, 5.74) is 4.68. The van der Waals surface area contributed by atoms with Gasteiger partial charge in [-0.25, -0.2) is 0 Å². The van der Waals surface area contributed by atoms with Gasteiger partial charge in [-0.05, 0) is 84.9 Å². The van der Waals surface area contributed by atoms with E-state index in [1.54, 1.807) is 36.4 Å². The lowest BCUT2D eigenvalue weighted by molar-refractivity contribution is -0.313. The highest BCUT2D eigenvalue weighted by Gasteiger charge is 2.18. The number of thiocarbonyl (C=S) groups is 1. The Morgan fingerprint density at radius 2 is 1.00 bits per heavy atom. The summed E-state index contributed by atoms with van der Waals surface area (Å²) in [7, 11) is 0. The first-order chi connectivity index (χ1) is 26.9. The first-order valence-corrected chi connectivity index (χ1v) is 17.5. The van der Waals surface area contributed by atoms with E-state index >= 15 is 0 Å². The molecule has 0 amide bonds. The zero-order valence-electron chi connectivity index (χ0n) is 29.8. The van der Waals surface area contributed by atoms with Gasteiger partial charge in [0.1, 0.15) is 11.5 Å². The maximum absolute atomic E-state index is 11.4. The van der Waals surface area contributed by atoms with Crippen LogP contribution in [0.3, 0.4) is 0 Å². The number of isothiocyanates is 1. The molecule has 16 nitrogen and oxygen atoms in total. The zero-order valence-corrected chi connectivity index (χ0v) is 30.6. The van der Waals surface area contributed by atoms with E-state index in [-0.39, 0.29) is 26.2 Å². The molecule has 290 valence electrons. The molecule has 0 aliphatic rings. The van der Waals surface area contributed by atoms with Gasteiger partial charge in [0.25, 0.3) is 0 Å². The third-order valence-electron chi connectivity index (χ3n) is 8.26. The van der Waals surface area contributed by atoms with Gasteiger partial charge in [-0.3, -0.25) is 24.7 Å². The lowest BCUT2D eigenvalue weighted by atomic mass is 10.1. The number of carboxylic acid groups (broad SMARTS) is 4. The first-order valence-electron chi connectivity index (χ1n) is 17.1. The smallest absolute Gasteiger partial charge is 0.133 e. The van der Waals surface area contributed by atoms with Gasteiger partial charge in [0, 0.05) is 70.0 Å². The minimum absolute atomic E-state index is 0.148. The predicted molar refractivity (Wildman–Crippen MR) is 193 cm³/mol. The number of aliphatic imine (C=N–C) groups is 1. The van der Waals surface area contributed by atoms with E-state index in [9.17, 15) is 39.6 Å². The van der Waals surface area contributed by atoms with Gasteiger partial charge in [-0.15, -0.1) is 0 Å². The van der Waals surface area contributed by atoms with Crippen molar-refractivity contribution in [1.29, 1.82) is 0 Å². The van der Waals surface area contributed by atoms with Crippen molar-refractivity contribution in [1.82, 2.24) is 24.7 Å². The number of nitrogens with zero attached hydrogens (tertiary/aromatic N) is 6. The summed E-state index contributed by atoms with van der Waals surface area (Å²) < 4.78 is 11.3. The van der Waals surface area contributed by atoms with Crippen molar-refractivity contribution < 1.29 is 48.4 Å². The van der Waals surface area contributed by atoms with Gasteiger partial charge in [-0.2, -0.15) is 4.99 Å². The number of hydrogen-bond acceptors (Lipinski definition) is 17. The standard InChI is InChI=1S/C39H38N6O10S/c46-36(47)21-44(22-37(48)49)19-32-15-27(34-3-1-11-54-34)13-30(41-32)17-43(10-9-26-5-7-29(8-6-26)40-25-56)18-31-14-28(35-4-2-12-55-35)16-33(42-31)20-45(23-38(50)51)24-39(52)53/h1-8,11-16H,9-10,17-24H2,(H,46,47)(H,48,49)(H,50,51)(H,52,53)/p-4. The molecule has 0 atom stereocenters. The van der Waals surface area contributed by atoms with Crippen LogP contribution in [0.25, 0.3) is 22.6 Å². The van der Waals surface area contributed by atoms with Crippen LogP contribution in [0, 0.1) is 0 Å². The second kappa shape index (κ2) is 19.8. The third kappa shape index (κ3) is 12.9. The summed E-state index contributed by atoms with van der Waals surface area (Å²) in [5.74, 6) is -4.86. The van der Waals surface area contributed by atoms with Crippen molar-refractivity contribution in [3.05, 3.63) is 114 Å². The summed E-state index contributed by atoms with van der Waals surface area (Å²) in [5, 5.41) is 48.1. The number of pyridine rings is 2. The van der Waals surface area contributed by atoms with E-state index in [1.807, 2.05) is 36.4 Å². The number of carboxylic acids is 4. The number of aromatic nitrogens is 2. The largest absolute Gasteiger partial charge is 0.549 e. The second-order valence-electron chi connectivity index (χ2n) is 12.7. The Balaban J connectivity index is 1.52. The molecule has 5 rings (SSSR count). The molecule has 56 heavy (non-hydrogen) atoms. The Morgan fingerprint density at radius 1 is 0.607 bits per heavy atom. The molecule has 0 unspecified atom stereocenters. The Morgan fingerprint density at radius 3 is 1.34 bits per heavy atom. The van der Waals surface area contributed by atoms with Crippen molar-refractivity contribution in [2.24, 2.45) is 4.99 Å². The van der Waals surface area contributed by atoms with E-state index in [2.05, 4.69) is 15.1 Å². The number of aliphatic carboxylic acids is 4. The number of carbonyl (C=O) groups excluding carboxylic acids is 4. The van der Waals surface area contributed by atoms with Crippen LogP contribution in [0.4, 0.5) is 5.69 Å². The Labute approximate surface area is 326 Å². The maximum Gasteiger partial charge on any atom is 0.133 e. The fraction of sp³-hybridized carbons (Fsp3) is 0.256. The molecule has 17 heteroatoms. The molecule has 1 aromatic carbocycles. The Kier molecular flexibility index (Phi) is 14.4. The van der Waals surface area contributed by atoms with Gasteiger partial charge < -0.3 is 48.4 Å². The third-order valence-corrected chi connectivity index (χ3v) is 8.35. The normalized spacial score (nSPS) is 11.2. The van der Waals surface area contributed by atoms with Crippen LogP contribution in [0.15, 0.2) is 99.1 Å². The molecule has 4 heterocycles. The highest BCUT2D eigenvalue weighted by atomic mass is 32.1. The van der Waals surface area contributed by atoms with Crippen LogP contribution in [-0.4, -0.2) is 86.4 Å². The van der Waals surface area contributed by atoms with Gasteiger partial charge in [-0.1, -0.05) is 12.1 Å². The van der Waals surface area contributed by atoms with Gasteiger partial charge >= 0.3 is 0 Å². The number of benzene rings is 1. The molecule has 0 N–H and O–H groups in total. The highest BCUT2D eigenvalue weighted by Crippen LogP contribution is 2.26. The molecular formula is C39H34N6O10S-4. The molecular weight excluding hydrogens is 745 g/mol. The van der Waals surface area contributed by atoms with Crippen molar-refractivity contribution in [3.63, 3.8) is 0 Å². The van der Waals surface area contributed by atoms with Gasteiger partial charge in [0.2, 0.25) is 0 Å². The van der Waals surface area contributed by atoms with Crippen LogP contribution in [0.5, 0.6) is 0 Å². The van der Waals surface area contributed by atoms with Crippen molar-refractivity contribution in [3.8, 4) is 22.6 Å². The summed E-state index contributed by atoms with van der Waals surface area (Å²) in [6.45, 7) is -2.06. The first kappa shape index (κ1) is 40.8. The molecule has 0 fully saturated rings. The molecule has 0 radical (unpaired) electrons. The van der Waals surface area contributed by atoms with E-state index in [0.29, 0.717) is 64.1 Å². The minimum atomic E-state index is -1.46. The topological polar surface area (TPSA) is 235 Å². The predicted octanol–water partition coefficient (Wildman–Crippen LogP) is -0.421. The van der Waals surface area contributed by atoms with E-state index in [4.69, 9.17) is 31.0 Å². The average molecular weight is 779 g/mol. The number of rotatable bonds is 22.